The zero-order valence-electron chi connectivity index (χ0n) is 11.5. The summed E-state index contributed by atoms with van der Waals surface area (Å²) in [6, 6.07) is -1.56. The van der Waals surface area contributed by atoms with Gasteiger partial charge < -0.3 is 40.1 Å². The second-order valence-corrected chi connectivity index (χ2v) is 5.22. The lowest BCUT2D eigenvalue weighted by Crippen LogP contribution is -2.55. The predicted molar refractivity (Wildman–Crippen MR) is 70.7 cm³/mol. The maximum atomic E-state index is 11.6. The number of aliphatic hydroxyl groups excluding tert-OH is 5. The topological polar surface area (TPSA) is 194 Å². The molecule has 11 nitrogen and oxygen atoms in total. The van der Waals surface area contributed by atoms with E-state index in [1.807, 2.05) is 5.32 Å². The first-order valence-electron chi connectivity index (χ1n) is 5.94. The van der Waals surface area contributed by atoms with Crippen LogP contribution in [0.25, 0.3) is 0 Å². The molecule has 12 heteroatoms. The largest absolute Gasteiger partial charge is 0.467 e. The van der Waals surface area contributed by atoms with Crippen molar-refractivity contribution < 1.29 is 48.6 Å². The molecule has 0 heterocycles. The monoisotopic (exact) mass is 345 g/mol. The van der Waals surface area contributed by atoms with E-state index in [1.54, 1.807) is 0 Å². The number of rotatable bonds is 9. The molecular formula is C10H19NO10S. The number of carbonyl (C=O) groups excluding carboxylic acids is 2. The molecule has 1 amide bonds. The Balaban J connectivity index is 4.84. The predicted octanol–water partition coefficient (Wildman–Crippen LogP) is -4.70. The summed E-state index contributed by atoms with van der Waals surface area (Å²) in [5, 5.41) is 47.9. The molecule has 0 aromatic rings. The van der Waals surface area contributed by atoms with Crippen LogP contribution in [0.3, 0.4) is 0 Å². The molecule has 0 aliphatic carbocycles. The van der Waals surface area contributed by atoms with E-state index in [1.165, 1.54) is 0 Å². The van der Waals surface area contributed by atoms with Gasteiger partial charge in [-0.05, 0) is 0 Å². The molecular weight excluding hydrogens is 326 g/mol. The zero-order chi connectivity index (χ0) is 17.4. The van der Waals surface area contributed by atoms with Crippen molar-refractivity contribution in [2.45, 2.75) is 30.5 Å². The smallest absolute Gasteiger partial charge is 0.329 e. The van der Waals surface area contributed by atoms with Crippen LogP contribution in [0.1, 0.15) is 0 Å². The van der Waals surface area contributed by atoms with Crippen molar-refractivity contribution in [3.8, 4) is 0 Å². The summed E-state index contributed by atoms with van der Waals surface area (Å²) in [4.78, 5) is 23.0. The Hall–Kier alpha value is -1.15. The number of esters is 1. The Morgan fingerprint density at radius 1 is 1.18 bits per heavy atom. The second kappa shape index (κ2) is 9.78. The molecule has 6 atom stereocenters. The Bertz CT molecular complexity index is 405. The van der Waals surface area contributed by atoms with Crippen molar-refractivity contribution >= 4 is 23.0 Å². The minimum atomic E-state index is -2.46. The van der Waals surface area contributed by atoms with E-state index in [4.69, 9.17) is 14.8 Å². The summed E-state index contributed by atoms with van der Waals surface area (Å²) in [5.41, 5.74) is 0. The van der Waals surface area contributed by atoms with Crippen molar-refractivity contribution in [3.05, 3.63) is 0 Å². The molecule has 7 N–H and O–H groups in total. The summed E-state index contributed by atoms with van der Waals surface area (Å²) in [6.07, 6.45) is -8.27. The fourth-order valence-corrected chi connectivity index (χ4v) is 1.89. The van der Waals surface area contributed by atoms with Crippen LogP contribution in [0.15, 0.2) is 0 Å². The third kappa shape index (κ3) is 6.31. The lowest BCUT2D eigenvalue weighted by molar-refractivity contribution is -0.153. The summed E-state index contributed by atoms with van der Waals surface area (Å²) in [7, 11) is 0.967. The third-order valence-corrected chi connectivity index (χ3v) is 3.25. The van der Waals surface area contributed by atoms with Gasteiger partial charge in [0.1, 0.15) is 24.4 Å². The van der Waals surface area contributed by atoms with E-state index < -0.39 is 65.8 Å². The molecule has 130 valence electrons. The number of hydrogen-bond acceptors (Lipinski definition) is 9. The summed E-state index contributed by atoms with van der Waals surface area (Å²) >= 11 is -2.46. The maximum absolute atomic E-state index is 11.6. The molecule has 0 saturated heterocycles. The molecule has 0 fully saturated rings. The van der Waals surface area contributed by atoms with Gasteiger partial charge in [0.2, 0.25) is 0 Å². The molecule has 0 bridgehead atoms. The molecule has 0 radical (unpaired) electrons. The lowest BCUT2D eigenvalue weighted by Gasteiger charge is -2.26. The number of hydrogen-bond donors (Lipinski definition) is 7. The van der Waals surface area contributed by atoms with Crippen LogP contribution in [-0.4, -0.2) is 96.1 Å². The maximum Gasteiger partial charge on any atom is 0.329 e. The molecule has 0 aliphatic heterocycles. The Kier molecular flexibility index (Phi) is 9.27. The van der Waals surface area contributed by atoms with Crippen LogP contribution in [0.2, 0.25) is 0 Å². The van der Waals surface area contributed by atoms with Crippen LogP contribution in [-0.2, 0) is 25.4 Å². The van der Waals surface area contributed by atoms with Crippen molar-refractivity contribution in [1.29, 1.82) is 0 Å². The Labute approximate surface area is 127 Å². The highest BCUT2D eigenvalue weighted by Gasteiger charge is 2.36. The highest BCUT2D eigenvalue weighted by molar-refractivity contribution is 7.79. The third-order valence-electron chi connectivity index (χ3n) is 2.63. The summed E-state index contributed by atoms with van der Waals surface area (Å²) in [6.45, 7) is -0.930. The Morgan fingerprint density at radius 2 is 1.73 bits per heavy atom. The molecule has 0 aromatic heterocycles. The SMILES string of the molecule is COC(=O)C(CS(=O)O)NC(=O)[C@H](O)[C@@H](O)[C@H](O)[C@H](O)CO. The molecule has 0 spiro atoms. The molecule has 0 rings (SSSR count). The number of carbonyl (C=O) groups is 2. The first-order valence-corrected chi connectivity index (χ1v) is 7.22. The van der Waals surface area contributed by atoms with E-state index >= 15 is 0 Å². The van der Waals surface area contributed by atoms with Crippen LogP contribution >= 0.6 is 0 Å². The van der Waals surface area contributed by atoms with Gasteiger partial charge in [-0.15, -0.1) is 0 Å². The average molecular weight is 345 g/mol. The van der Waals surface area contributed by atoms with E-state index in [0.717, 1.165) is 7.11 Å². The standard InChI is InChI=1S/C10H19NO10S/c1-21-10(18)4(3-22(19)20)11-9(17)8(16)7(15)6(14)5(13)2-12/h4-8,12-16H,2-3H2,1H3,(H,11,17)(H,19,20)/t4?,5-,6-,7+,8-/m1/s1. The van der Waals surface area contributed by atoms with Gasteiger partial charge in [-0.3, -0.25) is 4.79 Å². The average Bonchev–Trinajstić information content (AvgIpc) is 2.49. The molecule has 0 aromatic carbocycles. The van der Waals surface area contributed by atoms with Gasteiger partial charge in [0.25, 0.3) is 5.91 Å². The van der Waals surface area contributed by atoms with E-state index in [2.05, 4.69) is 4.74 Å². The molecule has 22 heavy (non-hydrogen) atoms. The van der Waals surface area contributed by atoms with Crippen LogP contribution in [0, 0.1) is 0 Å². The minimum Gasteiger partial charge on any atom is -0.467 e. The first kappa shape index (κ1) is 20.9. The second-order valence-electron chi connectivity index (χ2n) is 4.25. The van der Waals surface area contributed by atoms with Gasteiger partial charge in [0, 0.05) is 0 Å². The van der Waals surface area contributed by atoms with E-state index in [0.29, 0.717) is 0 Å². The van der Waals surface area contributed by atoms with Crippen LogP contribution in [0.4, 0.5) is 0 Å². The highest BCUT2D eigenvalue weighted by atomic mass is 32.2. The van der Waals surface area contributed by atoms with Gasteiger partial charge in [0.15, 0.2) is 17.2 Å². The highest BCUT2D eigenvalue weighted by Crippen LogP contribution is 2.06. The van der Waals surface area contributed by atoms with Gasteiger partial charge in [-0.25, -0.2) is 9.00 Å². The number of nitrogens with one attached hydrogen (secondary N) is 1. The minimum absolute atomic E-state index is 0.719. The van der Waals surface area contributed by atoms with Gasteiger partial charge in [-0.1, -0.05) is 0 Å². The van der Waals surface area contributed by atoms with Crippen LogP contribution < -0.4 is 5.32 Å². The fraction of sp³-hybridized carbons (Fsp3) is 0.800. The van der Waals surface area contributed by atoms with Crippen LogP contribution in [0.5, 0.6) is 0 Å². The fourth-order valence-electron chi connectivity index (χ4n) is 1.39. The van der Waals surface area contributed by atoms with Crippen molar-refractivity contribution in [1.82, 2.24) is 5.32 Å². The molecule has 2 unspecified atom stereocenters. The van der Waals surface area contributed by atoms with Gasteiger partial charge >= 0.3 is 5.97 Å². The number of ether oxygens (including phenoxy) is 1. The van der Waals surface area contributed by atoms with Gasteiger partial charge in [0.05, 0.1) is 19.5 Å². The number of aliphatic hydroxyl groups is 5. The van der Waals surface area contributed by atoms with Crippen molar-refractivity contribution in [2.24, 2.45) is 0 Å². The van der Waals surface area contributed by atoms with Crippen molar-refractivity contribution in [2.75, 3.05) is 19.5 Å². The lowest BCUT2D eigenvalue weighted by atomic mass is 10.0. The molecule has 0 saturated carbocycles. The Morgan fingerprint density at radius 3 is 2.14 bits per heavy atom. The van der Waals surface area contributed by atoms with E-state index in [9.17, 15) is 29.1 Å². The summed E-state index contributed by atoms with van der Waals surface area (Å²) < 4.78 is 23.7. The van der Waals surface area contributed by atoms with Crippen molar-refractivity contribution in [3.63, 3.8) is 0 Å². The quantitative estimate of drug-likeness (QED) is 0.158. The zero-order valence-corrected chi connectivity index (χ0v) is 12.3. The first-order chi connectivity index (χ1) is 10.1. The molecule has 0 aliphatic rings. The normalized spacial score (nSPS) is 19.4. The number of amides is 1. The van der Waals surface area contributed by atoms with E-state index in [-0.39, 0.29) is 0 Å². The number of methoxy groups -OCH3 is 1. The van der Waals surface area contributed by atoms with Gasteiger partial charge in [-0.2, -0.15) is 0 Å². The summed E-state index contributed by atoms with van der Waals surface area (Å²) in [5.74, 6) is -3.13.